The van der Waals surface area contributed by atoms with Crippen LogP contribution >= 0.6 is 0 Å². The summed E-state index contributed by atoms with van der Waals surface area (Å²) in [7, 11) is 3.12. The normalized spacial score (nSPS) is 14.1. The second kappa shape index (κ2) is 5.80. The average Bonchev–Trinajstić information content (AvgIpc) is 2.29. The van der Waals surface area contributed by atoms with Gasteiger partial charge in [-0.1, -0.05) is 30.3 Å². The SMILES string of the molecule is COC[C@@](C)(O)C(=O)N(C)Cc1ccccc1. The molecule has 4 heteroatoms. The Morgan fingerprint density at radius 2 is 2.00 bits per heavy atom. The molecule has 17 heavy (non-hydrogen) atoms. The van der Waals surface area contributed by atoms with Crippen molar-refractivity contribution in [3.05, 3.63) is 35.9 Å². The van der Waals surface area contributed by atoms with Gasteiger partial charge in [-0.3, -0.25) is 4.79 Å². The maximum absolute atomic E-state index is 12.0. The molecule has 94 valence electrons. The van der Waals surface area contributed by atoms with Gasteiger partial charge in [0.05, 0.1) is 6.61 Å². The second-order valence-corrected chi connectivity index (χ2v) is 4.35. The van der Waals surface area contributed by atoms with E-state index in [1.54, 1.807) is 7.05 Å². The standard InChI is InChI=1S/C13H19NO3/c1-13(16,10-17-3)12(15)14(2)9-11-7-5-4-6-8-11/h4-8,16H,9-10H2,1-3H3/t13-/m1/s1. The van der Waals surface area contributed by atoms with Gasteiger partial charge in [0.2, 0.25) is 0 Å². The smallest absolute Gasteiger partial charge is 0.256 e. The minimum atomic E-state index is -1.47. The van der Waals surface area contributed by atoms with E-state index in [1.165, 1.54) is 18.9 Å². The van der Waals surface area contributed by atoms with Crippen molar-refractivity contribution in [2.75, 3.05) is 20.8 Å². The summed E-state index contributed by atoms with van der Waals surface area (Å²) in [6.07, 6.45) is 0. The number of hydrogen-bond donors (Lipinski definition) is 1. The van der Waals surface area contributed by atoms with Crippen molar-refractivity contribution in [3.63, 3.8) is 0 Å². The molecule has 1 atom stereocenters. The van der Waals surface area contributed by atoms with E-state index in [0.717, 1.165) is 5.56 Å². The van der Waals surface area contributed by atoms with Crippen molar-refractivity contribution in [1.29, 1.82) is 0 Å². The molecule has 1 N–H and O–H groups in total. The molecule has 1 amide bonds. The summed E-state index contributed by atoms with van der Waals surface area (Å²) in [6.45, 7) is 1.92. The van der Waals surface area contributed by atoms with E-state index < -0.39 is 5.60 Å². The Morgan fingerprint density at radius 1 is 1.41 bits per heavy atom. The van der Waals surface area contributed by atoms with Crippen LogP contribution in [-0.2, 0) is 16.1 Å². The Hall–Kier alpha value is -1.39. The quantitative estimate of drug-likeness (QED) is 0.832. The van der Waals surface area contributed by atoms with Crippen LogP contribution in [0, 0.1) is 0 Å². The minimum Gasteiger partial charge on any atom is -0.381 e. The van der Waals surface area contributed by atoms with E-state index in [0.29, 0.717) is 6.54 Å². The number of carbonyl (C=O) groups excluding carboxylic acids is 1. The number of rotatable bonds is 5. The Balaban J connectivity index is 2.65. The van der Waals surface area contributed by atoms with Gasteiger partial charge < -0.3 is 14.7 Å². The van der Waals surface area contributed by atoms with Crippen LogP contribution in [0.3, 0.4) is 0 Å². The molecule has 0 fully saturated rings. The lowest BCUT2D eigenvalue weighted by Gasteiger charge is -2.27. The molecule has 0 aliphatic rings. The molecule has 1 aromatic rings. The molecule has 0 aliphatic carbocycles. The highest BCUT2D eigenvalue weighted by Crippen LogP contribution is 2.11. The maximum Gasteiger partial charge on any atom is 0.256 e. The molecule has 0 saturated heterocycles. The van der Waals surface area contributed by atoms with Crippen molar-refractivity contribution in [2.24, 2.45) is 0 Å². The highest BCUT2D eigenvalue weighted by atomic mass is 16.5. The largest absolute Gasteiger partial charge is 0.381 e. The van der Waals surface area contributed by atoms with E-state index >= 15 is 0 Å². The van der Waals surface area contributed by atoms with Crippen LogP contribution in [0.1, 0.15) is 12.5 Å². The third-order valence-electron chi connectivity index (χ3n) is 2.50. The van der Waals surface area contributed by atoms with Gasteiger partial charge in [0.1, 0.15) is 0 Å². The van der Waals surface area contributed by atoms with Gasteiger partial charge in [-0.2, -0.15) is 0 Å². The molecule has 4 nitrogen and oxygen atoms in total. The third-order valence-corrected chi connectivity index (χ3v) is 2.50. The van der Waals surface area contributed by atoms with E-state index in [4.69, 9.17) is 4.74 Å². The zero-order chi connectivity index (χ0) is 12.9. The van der Waals surface area contributed by atoms with Crippen molar-refractivity contribution in [3.8, 4) is 0 Å². The zero-order valence-electron chi connectivity index (χ0n) is 10.5. The van der Waals surface area contributed by atoms with E-state index in [-0.39, 0.29) is 12.5 Å². The molecule has 0 spiro atoms. The van der Waals surface area contributed by atoms with Crippen molar-refractivity contribution in [2.45, 2.75) is 19.1 Å². The van der Waals surface area contributed by atoms with Crippen molar-refractivity contribution in [1.82, 2.24) is 4.90 Å². The van der Waals surface area contributed by atoms with Crippen LogP contribution in [0.5, 0.6) is 0 Å². The maximum atomic E-state index is 12.0. The van der Waals surface area contributed by atoms with E-state index in [9.17, 15) is 9.90 Å². The molecule has 0 radical (unpaired) electrons. The summed E-state index contributed by atoms with van der Waals surface area (Å²) >= 11 is 0. The van der Waals surface area contributed by atoms with Crippen molar-refractivity contribution < 1.29 is 14.6 Å². The van der Waals surface area contributed by atoms with Crippen LogP contribution in [0.2, 0.25) is 0 Å². The van der Waals surface area contributed by atoms with E-state index in [1.807, 2.05) is 30.3 Å². The molecular weight excluding hydrogens is 218 g/mol. The summed E-state index contributed by atoms with van der Waals surface area (Å²) < 4.78 is 4.83. The topological polar surface area (TPSA) is 49.8 Å². The highest BCUT2D eigenvalue weighted by Gasteiger charge is 2.32. The van der Waals surface area contributed by atoms with Gasteiger partial charge in [0.15, 0.2) is 5.60 Å². The summed E-state index contributed by atoms with van der Waals surface area (Å²) in [5.41, 5.74) is -0.449. The average molecular weight is 237 g/mol. The van der Waals surface area contributed by atoms with Crippen LogP contribution in [0.25, 0.3) is 0 Å². The fourth-order valence-electron chi connectivity index (χ4n) is 1.68. The number of nitrogens with zero attached hydrogens (tertiary/aromatic N) is 1. The molecular formula is C13H19NO3. The highest BCUT2D eigenvalue weighted by molar-refractivity contribution is 5.84. The Bertz CT molecular complexity index is 362. The lowest BCUT2D eigenvalue weighted by molar-refractivity contribution is -0.153. The number of hydrogen-bond acceptors (Lipinski definition) is 3. The first-order valence-electron chi connectivity index (χ1n) is 5.48. The lowest BCUT2D eigenvalue weighted by atomic mass is 10.1. The summed E-state index contributed by atoms with van der Waals surface area (Å²) in [5, 5.41) is 9.92. The fourth-order valence-corrected chi connectivity index (χ4v) is 1.68. The Labute approximate surface area is 102 Å². The van der Waals surface area contributed by atoms with Crippen LogP contribution in [-0.4, -0.2) is 42.3 Å². The second-order valence-electron chi connectivity index (χ2n) is 4.35. The van der Waals surface area contributed by atoms with Crippen LogP contribution < -0.4 is 0 Å². The number of carbonyl (C=O) groups is 1. The van der Waals surface area contributed by atoms with Gasteiger partial charge in [0, 0.05) is 20.7 Å². The number of likely N-dealkylation sites (N-methyl/N-ethyl adjacent to an activating group) is 1. The first-order valence-corrected chi connectivity index (χ1v) is 5.48. The molecule has 0 bridgehead atoms. The number of amides is 1. The molecule has 0 saturated carbocycles. The van der Waals surface area contributed by atoms with Gasteiger partial charge in [-0.05, 0) is 12.5 Å². The molecule has 0 aliphatic heterocycles. The lowest BCUT2D eigenvalue weighted by Crippen LogP contribution is -2.48. The third kappa shape index (κ3) is 3.84. The predicted octanol–water partition coefficient (Wildman–Crippen LogP) is 1.04. The van der Waals surface area contributed by atoms with E-state index in [2.05, 4.69) is 0 Å². The Kier molecular flexibility index (Phi) is 4.66. The number of benzene rings is 1. The predicted molar refractivity (Wildman–Crippen MR) is 65.4 cm³/mol. The summed E-state index contributed by atoms with van der Waals surface area (Å²) in [5.74, 6) is -0.344. The first-order chi connectivity index (χ1) is 7.97. The number of aliphatic hydroxyl groups is 1. The van der Waals surface area contributed by atoms with Gasteiger partial charge in [0.25, 0.3) is 5.91 Å². The van der Waals surface area contributed by atoms with Crippen molar-refractivity contribution >= 4 is 5.91 Å². The minimum absolute atomic E-state index is 0.00897. The number of ether oxygens (including phenoxy) is 1. The van der Waals surface area contributed by atoms with Gasteiger partial charge in [-0.15, -0.1) is 0 Å². The molecule has 1 rings (SSSR count). The monoisotopic (exact) mass is 237 g/mol. The number of methoxy groups -OCH3 is 1. The molecule has 0 heterocycles. The first kappa shape index (κ1) is 13.7. The molecule has 1 aromatic carbocycles. The van der Waals surface area contributed by atoms with Gasteiger partial charge in [-0.25, -0.2) is 0 Å². The summed E-state index contributed by atoms with van der Waals surface area (Å²) in [6, 6.07) is 9.64. The fraction of sp³-hybridized carbons (Fsp3) is 0.462. The molecule has 0 aromatic heterocycles. The van der Waals surface area contributed by atoms with Gasteiger partial charge >= 0.3 is 0 Å². The van der Waals surface area contributed by atoms with Crippen LogP contribution in [0.15, 0.2) is 30.3 Å². The zero-order valence-corrected chi connectivity index (χ0v) is 10.5. The molecule has 0 unspecified atom stereocenters. The Morgan fingerprint density at radius 3 is 2.53 bits per heavy atom. The summed E-state index contributed by atoms with van der Waals surface area (Å²) in [4.78, 5) is 13.4. The van der Waals surface area contributed by atoms with Crippen LogP contribution in [0.4, 0.5) is 0 Å².